The van der Waals surface area contributed by atoms with E-state index in [1.165, 1.54) is 0 Å². The zero-order chi connectivity index (χ0) is 10.7. The standard InChI is InChI=1S/C6H7ClF2N4S/c7-3-1-2(5(8)9)4(14-3)6(12-10)13-11/h1,5H,10-11H2,(H,12,13). The Morgan fingerprint density at radius 3 is 2.71 bits per heavy atom. The van der Waals surface area contributed by atoms with Crippen LogP contribution >= 0.6 is 22.9 Å². The summed E-state index contributed by atoms with van der Waals surface area (Å²) in [7, 11) is 0. The van der Waals surface area contributed by atoms with E-state index in [0.29, 0.717) is 0 Å². The maximum Gasteiger partial charge on any atom is 0.265 e. The zero-order valence-electron chi connectivity index (χ0n) is 6.80. The third-order valence-corrected chi connectivity index (χ3v) is 2.73. The first-order valence-corrected chi connectivity index (χ1v) is 4.61. The lowest BCUT2D eigenvalue weighted by Crippen LogP contribution is -2.32. The molecule has 4 nitrogen and oxygen atoms in total. The average Bonchev–Trinajstić information content (AvgIpc) is 2.50. The number of hydrazone groups is 1. The lowest BCUT2D eigenvalue weighted by atomic mass is 10.2. The summed E-state index contributed by atoms with van der Waals surface area (Å²) in [5.74, 6) is 9.99. The Morgan fingerprint density at radius 1 is 1.64 bits per heavy atom. The molecule has 14 heavy (non-hydrogen) atoms. The number of rotatable bonds is 2. The Balaban J connectivity index is 3.18. The summed E-state index contributed by atoms with van der Waals surface area (Å²) in [6.45, 7) is 0. The van der Waals surface area contributed by atoms with E-state index in [0.717, 1.165) is 17.4 Å². The second-order valence-corrected chi connectivity index (χ2v) is 3.94. The average molecular weight is 241 g/mol. The van der Waals surface area contributed by atoms with Crippen LogP contribution in [-0.2, 0) is 0 Å². The molecule has 0 atom stereocenters. The molecule has 0 aliphatic heterocycles. The van der Waals surface area contributed by atoms with Crippen molar-refractivity contribution in [3.05, 3.63) is 20.8 Å². The van der Waals surface area contributed by atoms with Gasteiger partial charge in [0.25, 0.3) is 6.43 Å². The van der Waals surface area contributed by atoms with Crippen molar-refractivity contribution in [2.75, 3.05) is 0 Å². The van der Waals surface area contributed by atoms with E-state index < -0.39 is 6.43 Å². The van der Waals surface area contributed by atoms with E-state index in [1.54, 1.807) is 0 Å². The van der Waals surface area contributed by atoms with Crippen LogP contribution in [0.2, 0.25) is 4.34 Å². The van der Waals surface area contributed by atoms with Crippen LogP contribution in [0, 0.1) is 0 Å². The van der Waals surface area contributed by atoms with Gasteiger partial charge in [0.05, 0.1) is 9.21 Å². The summed E-state index contributed by atoms with van der Waals surface area (Å²) < 4.78 is 25.1. The molecular weight excluding hydrogens is 234 g/mol. The third-order valence-electron chi connectivity index (χ3n) is 1.45. The molecule has 1 heterocycles. The van der Waals surface area contributed by atoms with Gasteiger partial charge in [0, 0.05) is 5.56 Å². The van der Waals surface area contributed by atoms with Crippen LogP contribution in [0.3, 0.4) is 0 Å². The molecule has 1 aromatic rings. The van der Waals surface area contributed by atoms with Crippen LogP contribution < -0.4 is 17.1 Å². The second-order valence-electron chi connectivity index (χ2n) is 2.26. The number of nitrogens with zero attached hydrogens (tertiary/aromatic N) is 1. The Hall–Kier alpha value is -0.920. The van der Waals surface area contributed by atoms with Crippen LogP contribution in [-0.4, -0.2) is 5.84 Å². The van der Waals surface area contributed by atoms with Crippen molar-refractivity contribution in [2.24, 2.45) is 16.8 Å². The van der Waals surface area contributed by atoms with Gasteiger partial charge in [0.2, 0.25) is 0 Å². The minimum atomic E-state index is -2.64. The van der Waals surface area contributed by atoms with Gasteiger partial charge < -0.3 is 11.3 Å². The maximum absolute atomic E-state index is 12.5. The van der Waals surface area contributed by atoms with Gasteiger partial charge in [-0.2, -0.15) is 5.10 Å². The first kappa shape index (κ1) is 11.2. The first-order valence-electron chi connectivity index (χ1n) is 3.42. The van der Waals surface area contributed by atoms with Gasteiger partial charge in [-0.3, -0.25) is 0 Å². The fourth-order valence-corrected chi connectivity index (χ4v) is 2.09. The molecule has 0 aliphatic rings. The molecule has 0 bridgehead atoms. The van der Waals surface area contributed by atoms with Crippen molar-refractivity contribution in [3.63, 3.8) is 0 Å². The molecule has 0 fully saturated rings. The number of hydrogen-bond donors (Lipinski definition) is 3. The third kappa shape index (κ3) is 2.11. The van der Waals surface area contributed by atoms with E-state index in [4.69, 9.17) is 23.3 Å². The van der Waals surface area contributed by atoms with Gasteiger partial charge >= 0.3 is 0 Å². The number of nitrogens with two attached hydrogens (primary N) is 2. The van der Waals surface area contributed by atoms with E-state index in [9.17, 15) is 8.78 Å². The highest BCUT2D eigenvalue weighted by Gasteiger charge is 2.20. The van der Waals surface area contributed by atoms with Gasteiger partial charge in [0.15, 0.2) is 5.84 Å². The number of alkyl halides is 2. The Bertz CT molecular complexity index is 352. The summed E-state index contributed by atoms with van der Waals surface area (Å²) in [5, 5.41) is 3.23. The predicted molar refractivity (Wildman–Crippen MR) is 52.3 cm³/mol. The molecule has 0 amide bonds. The van der Waals surface area contributed by atoms with E-state index in [-0.39, 0.29) is 20.6 Å². The Morgan fingerprint density at radius 2 is 2.29 bits per heavy atom. The minimum Gasteiger partial charge on any atom is -0.321 e. The largest absolute Gasteiger partial charge is 0.321 e. The van der Waals surface area contributed by atoms with Gasteiger partial charge in [-0.05, 0) is 6.07 Å². The van der Waals surface area contributed by atoms with Gasteiger partial charge in [-0.15, -0.1) is 11.3 Å². The van der Waals surface area contributed by atoms with Crippen LogP contribution in [0.1, 0.15) is 16.9 Å². The molecule has 0 aromatic carbocycles. The van der Waals surface area contributed by atoms with E-state index in [1.807, 2.05) is 0 Å². The summed E-state index contributed by atoms with van der Waals surface area (Å²) in [5.41, 5.74) is 1.89. The van der Waals surface area contributed by atoms with Crippen LogP contribution in [0.25, 0.3) is 0 Å². The molecule has 1 aromatic heterocycles. The van der Waals surface area contributed by atoms with Crippen LogP contribution in [0.5, 0.6) is 0 Å². The quantitative estimate of drug-likeness (QED) is 0.317. The molecule has 0 saturated carbocycles. The number of hydrazine groups is 1. The first-order chi connectivity index (χ1) is 6.60. The Labute approximate surface area is 87.5 Å². The summed E-state index contributed by atoms with van der Waals surface area (Å²) in [4.78, 5) is 0.148. The molecule has 1 rings (SSSR count). The molecule has 78 valence electrons. The summed E-state index contributed by atoms with van der Waals surface area (Å²) >= 11 is 6.52. The molecular formula is C6H7ClF2N4S. The smallest absolute Gasteiger partial charge is 0.265 e. The van der Waals surface area contributed by atoms with Gasteiger partial charge in [-0.1, -0.05) is 11.6 Å². The van der Waals surface area contributed by atoms with Crippen LogP contribution in [0.15, 0.2) is 11.2 Å². The highest BCUT2D eigenvalue weighted by molar-refractivity contribution is 7.18. The lowest BCUT2D eigenvalue weighted by molar-refractivity contribution is 0.151. The number of nitrogens with one attached hydrogen (secondary N) is 1. The van der Waals surface area contributed by atoms with Crippen LogP contribution in [0.4, 0.5) is 8.78 Å². The maximum atomic E-state index is 12.5. The van der Waals surface area contributed by atoms with Crippen molar-refractivity contribution < 1.29 is 8.78 Å². The Kier molecular flexibility index (Phi) is 3.62. The number of thiophene rings is 1. The lowest BCUT2D eigenvalue weighted by Gasteiger charge is -2.03. The molecule has 8 heteroatoms. The number of hydrogen-bond acceptors (Lipinski definition) is 4. The van der Waals surface area contributed by atoms with E-state index in [2.05, 4.69) is 10.5 Å². The van der Waals surface area contributed by atoms with E-state index >= 15 is 0 Å². The molecule has 5 N–H and O–H groups in total. The normalized spacial score (nSPS) is 12.2. The SMILES string of the molecule is N/N=C(\NN)c1sc(Cl)cc1C(F)F. The highest BCUT2D eigenvalue weighted by Crippen LogP contribution is 2.33. The fraction of sp³-hybridized carbons (Fsp3) is 0.167. The van der Waals surface area contributed by atoms with Gasteiger partial charge in [-0.25, -0.2) is 14.6 Å². The topological polar surface area (TPSA) is 76.4 Å². The van der Waals surface area contributed by atoms with Crippen molar-refractivity contribution in [1.29, 1.82) is 0 Å². The fourth-order valence-electron chi connectivity index (χ4n) is 0.882. The van der Waals surface area contributed by atoms with Crippen molar-refractivity contribution >= 4 is 28.8 Å². The monoisotopic (exact) mass is 240 g/mol. The minimum absolute atomic E-state index is 0.0165. The molecule has 0 aliphatic carbocycles. The van der Waals surface area contributed by atoms with Crippen molar-refractivity contribution in [1.82, 2.24) is 5.43 Å². The van der Waals surface area contributed by atoms with Gasteiger partial charge in [0.1, 0.15) is 0 Å². The second kappa shape index (κ2) is 4.54. The number of halogens is 3. The number of amidine groups is 1. The summed E-state index contributed by atoms with van der Waals surface area (Å²) in [6.07, 6.45) is -2.64. The molecule has 0 radical (unpaired) electrons. The zero-order valence-corrected chi connectivity index (χ0v) is 8.37. The molecule has 0 spiro atoms. The molecule has 0 saturated heterocycles. The molecule has 0 unspecified atom stereocenters. The summed E-state index contributed by atoms with van der Waals surface area (Å²) in [6, 6.07) is 1.16. The highest BCUT2D eigenvalue weighted by atomic mass is 35.5. The predicted octanol–water partition coefficient (Wildman–Crippen LogP) is 1.42. The van der Waals surface area contributed by atoms with Crippen molar-refractivity contribution in [3.8, 4) is 0 Å². The van der Waals surface area contributed by atoms with Crippen molar-refractivity contribution in [2.45, 2.75) is 6.43 Å².